The van der Waals surface area contributed by atoms with Crippen molar-refractivity contribution >= 4 is 27.5 Å². The van der Waals surface area contributed by atoms with Crippen LogP contribution in [0.2, 0.25) is 0 Å². The van der Waals surface area contributed by atoms with Gasteiger partial charge in [0.15, 0.2) is 0 Å². The maximum atomic E-state index is 12.9. The highest BCUT2D eigenvalue weighted by molar-refractivity contribution is 7.17. The van der Waals surface area contributed by atoms with Gasteiger partial charge in [0.2, 0.25) is 5.91 Å². The Morgan fingerprint density at radius 1 is 1.07 bits per heavy atom. The number of pyridine rings is 1. The summed E-state index contributed by atoms with van der Waals surface area (Å²) in [6.45, 7) is 0.233. The summed E-state index contributed by atoms with van der Waals surface area (Å²) in [5, 5.41) is 5.25. The molecule has 0 fully saturated rings. The average Bonchev–Trinajstić information content (AvgIpc) is 3.15. The van der Waals surface area contributed by atoms with Crippen LogP contribution in [0, 0.1) is 0 Å². The van der Waals surface area contributed by atoms with Gasteiger partial charge in [0.05, 0.1) is 24.0 Å². The van der Waals surface area contributed by atoms with Crippen molar-refractivity contribution in [1.82, 2.24) is 19.9 Å². The second-order valence-corrected chi connectivity index (χ2v) is 6.83. The van der Waals surface area contributed by atoms with Gasteiger partial charge in [-0.25, -0.2) is 4.98 Å². The minimum absolute atomic E-state index is 0.0846. The molecule has 1 aromatic carbocycles. The normalized spacial score (nSPS) is 10.8. The highest BCUT2D eigenvalue weighted by Crippen LogP contribution is 2.30. The highest BCUT2D eigenvalue weighted by atomic mass is 32.1. The van der Waals surface area contributed by atoms with E-state index in [0.717, 1.165) is 16.8 Å². The predicted octanol–water partition coefficient (Wildman–Crippen LogP) is 2.84. The number of rotatable bonds is 5. The van der Waals surface area contributed by atoms with Crippen LogP contribution in [0.15, 0.2) is 71.2 Å². The number of nitrogens with one attached hydrogen (secondary N) is 1. The number of amides is 1. The van der Waals surface area contributed by atoms with Crippen molar-refractivity contribution < 1.29 is 4.79 Å². The molecular weight excluding hydrogens is 360 g/mol. The molecule has 0 bridgehead atoms. The molecule has 1 amide bonds. The van der Waals surface area contributed by atoms with E-state index in [1.807, 2.05) is 53.9 Å². The molecule has 0 radical (unpaired) electrons. The van der Waals surface area contributed by atoms with Crippen molar-refractivity contribution in [2.45, 2.75) is 13.1 Å². The number of carbonyl (C=O) groups is 1. The highest BCUT2D eigenvalue weighted by Gasteiger charge is 2.14. The van der Waals surface area contributed by atoms with Crippen LogP contribution in [0.4, 0.5) is 0 Å². The second kappa shape index (κ2) is 7.51. The lowest BCUT2D eigenvalue weighted by molar-refractivity contribution is -0.121. The molecule has 0 unspecified atom stereocenters. The van der Waals surface area contributed by atoms with Crippen LogP contribution in [0.5, 0.6) is 0 Å². The van der Waals surface area contributed by atoms with Gasteiger partial charge in [0.1, 0.15) is 11.4 Å². The Kier molecular flexibility index (Phi) is 4.76. The van der Waals surface area contributed by atoms with E-state index >= 15 is 0 Å². The third-order valence-electron chi connectivity index (χ3n) is 4.15. The van der Waals surface area contributed by atoms with E-state index in [2.05, 4.69) is 15.3 Å². The Labute approximate surface area is 159 Å². The van der Waals surface area contributed by atoms with Gasteiger partial charge < -0.3 is 5.32 Å². The lowest BCUT2D eigenvalue weighted by Gasteiger charge is -2.07. The molecule has 7 heteroatoms. The van der Waals surface area contributed by atoms with E-state index in [-0.39, 0.29) is 18.0 Å². The van der Waals surface area contributed by atoms with Crippen molar-refractivity contribution in [2.75, 3.05) is 0 Å². The molecule has 6 nitrogen and oxygen atoms in total. The number of benzene rings is 1. The van der Waals surface area contributed by atoms with E-state index < -0.39 is 0 Å². The summed E-state index contributed by atoms with van der Waals surface area (Å²) in [5.41, 5.74) is 2.35. The van der Waals surface area contributed by atoms with Crippen molar-refractivity contribution in [2.24, 2.45) is 0 Å². The molecule has 0 saturated heterocycles. The van der Waals surface area contributed by atoms with Gasteiger partial charge in [-0.05, 0) is 17.7 Å². The Balaban J connectivity index is 1.58. The fourth-order valence-corrected chi connectivity index (χ4v) is 3.72. The summed E-state index contributed by atoms with van der Waals surface area (Å²) >= 11 is 1.42. The van der Waals surface area contributed by atoms with Crippen molar-refractivity contribution in [3.05, 3.63) is 82.5 Å². The van der Waals surface area contributed by atoms with Crippen LogP contribution in [0.25, 0.3) is 21.3 Å². The smallest absolute Gasteiger partial charge is 0.263 e. The number of hydrogen-bond acceptors (Lipinski definition) is 5. The molecular formula is C20H16N4O2S. The van der Waals surface area contributed by atoms with Gasteiger partial charge in [-0.2, -0.15) is 0 Å². The maximum Gasteiger partial charge on any atom is 0.263 e. The van der Waals surface area contributed by atoms with Crippen LogP contribution in [-0.4, -0.2) is 20.4 Å². The summed E-state index contributed by atoms with van der Waals surface area (Å²) in [5.74, 6) is -0.264. The van der Waals surface area contributed by atoms with E-state index in [0.29, 0.717) is 16.8 Å². The predicted molar refractivity (Wildman–Crippen MR) is 105 cm³/mol. The van der Waals surface area contributed by atoms with E-state index in [1.165, 1.54) is 22.2 Å². The lowest BCUT2D eigenvalue weighted by Crippen LogP contribution is -2.32. The second-order valence-electron chi connectivity index (χ2n) is 5.97. The summed E-state index contributed by atoms with van der Waals surface area (Å²) in [4.78, 5) is 34.4. The molecule has 3 aromatic heterocycles. The molecule has 0 atom stereocenters. The van der Waals surface area contributed by atoms with Gasteiger partial charge in [-0.1, -0.05) is 36.4 Å². The molecule has 3 heterocycles. The Bertz CT molecular complexity index is 1140. The van der Waals surface area contributed by atoms with Crippen LogP contribution in [-0.2, 0) is 17.9 Å². The maximum absolute atomic E-state index is 12.9. The van der Waals surface area contributed by atoms with Crippen LogP contribution < -0.4 is 10.9 Å². The van der Waals surface area contributed by atoms with E-state index in [4.69, 9.17) is 0 Å². The molecule has 0 aliphatic rings. The monoisotopic (exact) mass is 376 g/mol. The lowest BCUT2D eigenvalue weighted by atomic mass is 10.1. The first kappa shape index (κ1) is 17.1. The van der Waals surface area contributed by atoms with E-state index in [9.17, 15) is 9.59 Å². The number of carbonyl (C=O) groups excluding carboxylic acids is 1. The van der Waals surface area contributed by atoms with Crippen molar-refractivity contribution in [3.63, 3.8) is 0 Å². The minimum atomic E-state index is -0.264. The van der Waals surface area contributed by atoms with Crippen molar-refractivity contribution in [3.8, 4) is 11.1 Å². The Morgan fingerprint density at radius 3 is 2.67 bits per heavy atom. The molecule has 0 saturated carbocycles. The first-order chi connectivity index (χ1) is 13.2. The molecule has 4 rings (SSSR count). The summed E-state index contributed by atoms with van der Waals surface area (Å²) in [6.07, 6.45) is 3.10. The number of thiophene rings is 1. The first-order valence-electron chi connectivity index (χ1n) is 8.41. The zero-order valence-electron chi connectivity index (χ0n) is 14.3. The number of fused-ring (bicyclic) bond motifs is 1. The average molecular weight is 376 g/mol. The van der Waals surface area contributed by atoms with Crippen LogP contribution in [0.3, 0.4) is 0 Å². The van der Waals surface area contributed by atoms with Gasteiger partial charge in [-0.3, -0.25) is 19.1 Å². The fraction of sp³-hybridized carbons (Fsp3) is 0.100. The van der Waals surface area contributed by atoms with Gasteiger partial charge >= 0.3 is 0 Å². The summed E-state index contributed by atoms with van der Waals surface area (Å²) in [6, 6.07) is 15.2. The molecule has 0 spiro atoms. The zero-order valence-corrected chi connectivity index (χ0v) is 15.1. The zero-order chi connectivity index (χ0) is 18.6. The molecule has 0 aliphatic carbocycles. The summed E-state index contributed by atoms with van der Waals surface area (Å²) < 4.78 is 1.34. The molecule has 27 heavy (non-hydrogen) atoms. The topological polar surface area (TPSA) is 76.9 Å². The standard InChI is InChI=1S/C20H16N4O2S/c25-17(22-10-15-8-4-5-9-21-15)11-24-13-23-19-18(20(24)26)16(12-27-19)14-6-2-1-3-7-14/h1-9,12-13H,10-11H2,(H,22,25). The summed E-state index contributed by atoms with van der Waals surface area (Å²) in [7, 11) is 0. The van der Waals surface area contributed by atoms with Crippen molar-refractivity contribution in [1.29, 1.82) is 0 Å². The molecule has 0 aliphatic heterocycles. The largest absolute Gasteiger partial charge is 0.349 e. The van der Waals surface area contributed by atoms with Crippen LogP contribution >= 0.6 is 11.3 Å². The Hall–Kier alpha value is -3.32. The SMILES string of the molecule is O=C(Cn1cnc2scc(-c3ccccc3)c2c1=O)NCc1ccccn1. The van der Waals surface area contributed by atoms with Crippen LogP contribution in [0.1, 0.15) is 5.69 Å². The molecule has 134 valence electrons. The number of aromatic nitrogens is 3. The third kappa shape index (κ3) is 3.63. The van der Waals surface area contributed by atoms with Gasteiger partial charge in [0.25, 0.3) is 5.56 Å². The van der Waals surface area contributed by atoms with E-state index in [1.54, 1.807) is 6.20 Å². The molecule has 4 aromatic rings. The van der Waals surface area contributed by atoms with Gasteiger partial charge in [0, 0.05) is 17.1 Å². The minimum Gasteiger partial charge on any atom is -0.349 e. The number of hydrogen-bond donors (Lipinski definition) is 1. The molecule has 1 N–H and O–H groups in total. The first-order valence-corrected chi connectivity index (χ1v) is 9.29. The number of nitrogens with zero attached hydrogens (tertiary/aromatic N) is 3. The Morgan fingerprint density at radius 2 is 1.89 bits per heavy atom. The quantitative estimate of drug-likeness (QED) is 0.581. The third-order valence-corrected chi connectivity index (χ3v) is 5.04. The fourth-order valence-electron chi connectivity index (χ4n) is 2.81. The van der Waals surface area contributed by atoms with Gasteiger partial charge in [-0.15, -0.1) is 11.3 Å².